The van der Waals surface area contributed by atoms with E-state index < -0.39 is 7.82 Å². The van der Waals surface area contributed by atoms with Crippen LogP contribution in [-0.4, -0.2) is 37.7 Å². The molecule has 0 aromatic heterocycles. The first-order valence-electron chi connectivity index (χ1n) is 7.15. The van der Waals surface area contributed by atoms with Crippen molar-refractivity contribution in [3.63, 3.8) is 0 Å². The van der Waals surface area contributed by atoms with Gasteiger partial charge >= 0.3 is 7.82 Å². The molecule has 0 aliphatic carbocycles. The Bertz CT molecular complexity index is 309. The molecule has 0 fully saturated rings. The molecule has 0 heterocycles. The molecule has 0 aromatic carbocycles. The standard InChI is InChI=1S/C13H27ClNO4P/c1-5-9-15(10-6-2)12-13(11-14)19-20(16,17-7-3)18-8-4/h11H,5-10,12H2,1-4H3/b13-11-. The molecule has 0 N–H and O–H groups in total. The lowest BCUT2D eigenvalue weighted by atomic mass is 10.3. The summed E-state index contributed by atoms with van der Waals surface area (Å²) in [5.74, 6) is 0.402. The SMILES string of the molecule is CCCN(CCC)C/C(=C/Cl)OP(=O)(OCC)OCC. The van der Waals surface area contributed by atoms with Crippen LogP contribution in [-0.2, 0) is 18.1 Å². The fraction of sp³-hybridized carbons (Fsp3) is 0.846. The molecule has 5 nitrogen and oxygen atoms in total. The van der Waals surface area contributed by atoms with Crippen LogP contribution >= 0.6 is 19.4 Å². The molecule has 0 aliphatic rings. The molecule has 0 aliphatic heterocycles. The molecule has 0 spiro atoms. The Morgan fingerprint density at radius 3 is 1.95 bits per heavy atom. The van der Waals surface area contributed by atoms with Crippen LogP contribution in [0.3, 0.4) is 0 Å². The van der Waals surface area contributed by atoms with Crippen LogP contribution in [0, 0.1) is 0 Å². The van der Waals surface area contributed by atoms with Gasteiger partial charge in [-0.25, -0.2) is 4.57 Å². The van der Waals surface area contributed by atoms with E-state index in [0.29, 0.717) is 12.3 Å². The van der Waals surface area contributed by atoms with E-state index >= 15 is 0 Å². The van der Waals surface area contributed by atoms with Gasteiger partial charge in [-0.05, 0) is 39.8 Å². The quantitative estimate of drug-likeness (QED) is 0.393. The largest absolute Gasteiger partial charge is 0.529 e. The molecular weight excluding hydrogens is 301 g/mol. The monoisotopic (exact) mass is 327 g/mol. The number of phosphoric ester groups is 1. The molecule has 0 radical (unpaired) electrons. The third-order valence-corrected chi connectivity index (χ3v) is 4.23. The lowest BCUT2D eigenvalue weighted by Crippen LogP contribution is -2.28. The molecule has 0 bridgehead atoms. The molecule has 20 heavy (non-hydrogen) atoms. The molecular formula is C13H27ClNO4P. The van der Waals surface area contributed by atoms with E-state index in [2.05, 4.69) is 18.7 Å². The Morgan fingerprint density at radius 1 is 1.10 bits per heavy atom. The molecule has 0 atom stereocenters. The Balaban J connectivity index is 4.69. The Hall–Kier alpha value is -0.0600. The van der Waals surface area contributed by atoms with Crippen LogP contribution < -0.4 is 0 Å². The molecule has 0 saturated carbocycles. The number of hydrogen-bond acceptors (Lipinski definition) is 5. The molecule has 0 aromatic rings. The maximum Gasteiger partial charge on any atom is 0.529 e. The summed E-state index contributed by atoms with van der Waals surface area (Å²) in [5, 5.41) is 0. The Kier molecular flexibility index (Phi) is 11.5. The summed E-state index contributed by atoms with van der Waals surface area (Å²) in [7, 11) is -3.57. The zero-order chi connectivity index (χ0) is 15.4. The highest BCUT2D eigenvalue weighted by Crippen LogP contribution is 2.51. The third kappa shape index (κ3) is 8.28. The minimum atomic E-state index is -3.57. The van der Waals surface area contributed by atoms with Gasteiger partial charge in [0.15, 0.2) is 0 Å². The van der Waals surface area contributed by atoms with Crippen molar-refractivity contribution in [1.82, 2.24) is 4.90 Å². The summed E-state index contributed by atoms with van der Waals surface area (Å²) in [4.78, 5) is 2.19. The summed E-state index contributed by atoms with van der Waals surface area (Å²) >= 11 is 5.77. The third-order valence-electron chi connectivity index (χ3n) is 2.38. The van der Waals surface area contributed by atoms with Crippen molar-refractivity contribution >= 4 is 19.4 Å². The number of phosphoric acid groups is 1. The zero-order valence-electron chi connectivity index (χ0n) is 12.9. The van der Waals surface area contributed by atoms with Gasteiger partial charge in [0.25, 0.3) is 0 Å². The fourth-order valence-corrected chi connectivity index (χ4v) is 3.14. The van der Waals surface area contributed by atoms with Gasteiger partial charge in [-0.15, -0.1) is 0 Å². The van der Waals surface area contributed by atoms with Crippen LogP contribution in [0.15, 0.2) is 11.3 Å². The molecule has 7 heteroatoms. The van der Waals surface area contributed by atoms with Gasteiger partial charge in [-0.3, -0.25) is 13.9 Å². The molecule has 0 rings (SSSR count). The lowest BCUT2D eigenvalue weighted by Gasteiger charge is -2.24. The van der Waals surface area contributed by atoms with E-state index in [9.17, 15) is 4.57 Å². The maximum absolute atomic E-state index is 12.3. The average Bonchev–Trinajstić information content (AvgIpc) is 2.39. The van der Waals surface area contributed by atoms with Crippen molar-refractivity contribution < 1.29 is 18.1 Å². The van der Waals surface area contributed by atoms with Crippen molar-refractivity contribution in [2.45, 2.75) is 40.5 Å². The summed E-state index contributed by atoms with van der Waals surface area (Å²) in [6.07, 6.45) is 2.06. The summed E-state index contributed by atoms with van der Waals surface area (Å²) in [6.45, 7) is 10.5. The highest BCUT2D eigenvalue weighted by Gasteiger charge is 2.28. The Morgan fingerprint density at radius 2 is 1.60 bits per heavy atom. The van der Waals surface area contributed by atoms with Crippen molar-refractivity contribution in [1.29, 1.82) is 0 Å². The second kappa shape index (κ2) is 11.6. The number of rotatable bonds is 12. The molecule has 0 saturated heterocycles. The predicted molar refractivity (Wildman–Crippen MR) is 82.9 cm³/mol. The van der Waals surface area contributed by atoms with E-state index in [-0.39, 0.29) is 13.2 Å². The average molecular weight is 328 g/mol. The zero-order valence-corrected chi connectivity index (χ0v) is 14.6. The van der Waals surface area contributed by atoms with Gasteiger partial charge in [0.1, 0.15) is 5.76 Å². The summed E-state index contributed by atoms with van der Waals surface area (Å²) < 4.78 is 27.9. The second-order valence-corrected chi connectivity index (χ2v) is 6.04. The first-order chi connectivity index (χ1) is 9.55. The van der Waals surface area contributed by atoms with Crippen LogP contribution in [0.1, 0.15) is 40.5 Å². The normalized spacial score (nSPS) is 13.0. The Labute approximate surface area is 127 Å². The van der Waals surface area contributed by atoms with Crippen LogP contribution in [0.25, 0.3) is 0 Å². The van der Waals surface area contributed by atoms with Gasteiger partial charge in [0, 0.05) is 5.54 Å². The van der Waals surface area contributed by atoms with Crippen molar-refractivity contribution in [3.05, 3.63) is 11.3 Å². The van der Waals surface area contributed by atoms with Gasteiger partial charge in [0.2, 0.25) is 0 Å². The van der Waals surface area contributed by atoms with Gasteiger partial charge in [-0.2, -0.15) is 0 Å². The van der Waals surface area contributed by atoms with Crippen molar-refractivity contribution in [2.24, 2.45) is 0 Å². The predicted octanol–water partition coefficient (Wildman–Crippen LogP) is 4.39. The highest BCUT2D eigenvalue weighted by atomic mass is 35.5. The summed E-state index contributed by atoms with van der Waals surface area (Å²) in [5.41, 5.74) is 1.29. The fourth-order valence-electron chi connectivity index (χ4n) is 1.76. The van der Waals surface area contributed by atoms with E-state index in [1.807, 2.05) is 0 Å². The second-order valence-electron chi connectivity index (χ2n) is 4.23. The number of hydrogen-bond donors (Lipinski definition) is 0. The molecule has 0 unspecified atom stereocenters. The molecule has 0 amide bonds. The molecule has 120 valence electrons. The van der Waals surface area contributed by atoms with Crippen LogP contribution in [0.4, 0.5) is 0 Å². The van der Waals surface area contributed by atoms with Gasteiger partial charge < -0.3 is 4.52 Å². The minimum absolute atomic E-state index is 0.250. The van der Waals surface area contributed by atoms with Gasteiger partial charge in [0.05, 0.1) is 19.8 Å². The minimum Gasteiger partial charge on any atom is -0.406 e. The van der Waals surface area contributed by atoms with Crippen molar-refractivity contribution in [2.75, 3.05) is 32.8 Å². The smallest absolute Gasteiger partial charge is 0.406 e. The number of nitrogens with zero attached hydrogens (tertiary/aromatic N) is 1. The number of halogens is 1. The van der Waals surface area contributed by atoms with E-state index in [0.717, 1.165) is 25.9 Å². The van der Waals surface area contributed by atoms with E-state index in [4.69, 9.17) is 25.2 Å². The lowest BCUT2D eigenvalue weighted by molar-refractivity contribution is 0.136. The van der Waals surface area contributed by atoms with E-state index in [1.54, 1.807) is 13.8 Å². The van der Waals surface area contributed by atoms with E-state index in [1.165, 1.54) is 5.54 Å². The maximum atomic E-state index is 12.3. The first-order valence-corrected chi connectivity index (χ1v) is 9.05. The topological polar surface area (TPSA) is 48.0 Å². The highest BCUT2D eigenvalue weighted by molar-refractivity contribution is 7.48. The van der Waals surface area contributed by atoms with Gasteiger partial charge in [-0.1, -0.05) is 25.4 Å². The van der Waals surface area contributed by atoms with Crippen molar-refractivity contribution in [3.8, 4) is 0 Å². The van der Waals surface area contributed by atoms with Crippen LogP contribution in [0.2, 0.25) is 0 Å². The van der Waals surface area contributed by atoms with Crippen LogP contribution in [0.5, 0.6) is 0 Å². The first kappa shape index (κ1) is 19.9. The summed E-state index contributed by atoms with van der Waals surface area (Å²) in [6, 6.07) is 0.